The van der Waals surface area contributed by atoms with E-state index in [9.17, 15) is 0 Å². The van der Waals surface area contributed by atoms with E-state index in [0.29, 0.717) is 0 Å². The van der Waals surface area contributed by atoms with Gasteiger partial charge in [0.15, 0.2) is 0 Å². The molecule has 2 N–H and O–H groups in total. The van der Waals surface area contributed by atoms with E-state index in [1.807, 2.05) is 0 Å². The third-order valence-corrected chi connectivity index (χ3v) is 1.71. The number of rotatable bonds is 1. The first-order valence-electron chi connectivity index (χ1n) is 3.28. The summed E-state index contributed by atoms with van der Waals surface area (Å²) in [6.45, 7) is 0.865. The summed E-state index contributed by atoms with van der Waals surface area (Å²) in [7, 11) is 0. The number of hydrogen-bond donors (Lipinski definition) is 1. The molecular weight excluding hydrogens is 98.1 g/mol. The van der Waals surface area contributed by atoms with Gasteiger partial charge in [-0.3, -0.25) is 0 Å². The molecule has 0 saturated carbocycles. The fourth-order valence-corrected chi connectivity index (χ4v) is 1.07. The van der Waals surface area contributed by atoms with Crippen LogP contribution in [0.5, 0.6) is 0 Å². The fourth-order valence-electron chi connectivity index (χ4n) is 1.07. The first-order chi connectivity index (χ1) is 3.93. The van der Waals surface area contributed by atoms with Crippen LogP contribution in [0.25, 0.3) is 0 Å². The van der Waals surface area contributed by atoms with Crippen molar-refractivity contribution in [3.8, 4) is 0 Å². The molecule has 0 radical (unpaired) electrons. The minimum absolute atomic E-state index is 0.778. The Labute approximate surface area is 50.6 Å². The molecule has 1 heteroatoms. The van der Waals surface area contributed by atoms with Crippen LogP contribution < -0.4 is 5.73 Å². The van der Waals surface area contributed by atoms with E-state index in [1.54, 1.807) is 0 Å². The quantitative estimate of drug-likeness (QED) is 0.507. The zero-order valence-electron chi connectivity index (χ0n) is 5.14. The van der Waals surface area contributed by atoms with Crippen molar-refractivity contribution in [2.75, 3.05) is 6.54 Å². The molecule has 0 spiro atoms. The maximum absolute atomic E-state index is 5.47. The molecule has 1 atom stereocenters. The largest absolute Gasteiger partial charge is 0.330 e. The van der Waals surface area contributed by atoms with E-state index >= 15 is 0 Å². The van der Waals surface area contributed by atoms with Gasteiger partial charge in [-0.25, -0.2) is 0 Å². The monoisotopic (exact) mass is 111 g/mol. The minimum Gasteiger partial charge on any atom is -0.330 e. The van der Waals surface area contributed by atoms with E-state index in [2.05, 4.69) is 12.2 Å². The predicted octanol–water partition coefficient (Wildman–Crippen LogP) is 1.30. The molecule has 0 aliphatic heterocycles. The zero-order chi connectivity index (χ0) is 5.82. The van der Waals surface area contributed by atoms with Gasteiger partial charge in [0.1, 0.15) is 0 Å². The van der Waals surface area contributed by atoms with Gasteiger partial charge in [-0.05, 0) is 31.7 Å². The summed E-state index contributed by atoms with van der Waals surface area (Å²) in [4.78, 5) is 0. The van der Waals surface area contributed by atoms with Crippen molar-refractivity contribution in [3.05, 3.63) is 12.2 Å². The van der Waals surface area contributed by atoms with Crippen LogP contribution >= 0.6 is 0 Å². The lowest BCUT2D eigenvalue weighted by Crippen LogP contribution is -2.14. The number of nitrogens with two attached hydrogens (primary N) is 1. The van der Waals surface area contributed by atoms with Crippen molar-refractivity contribution in [1.82, 2.24) is 0 Å². The second-order valence-electron chi connectivity index (χ2n) is 2.39. The van der Waals surface area contributed by atoms with Crippen molar-refractivity contribution >= 4 is 0 Å². The lowest BCUT2D eigenvalue weighted by atomic mass is 9.95. The van der Waals surface area contributed by atoms with Gasteiger partial charge in [-0.15, -0.1) is 0 Å². The van der Waals surface area contributed by atoms with E-state index in [-0.39, 0.29) is 0 Å². The Morgan fingerprint density at radius 1 is 1.50 bits per heavy atom. The third kappa shape index (κ3) is 1.34. The van der Waals surface area contributed by atoms with Crippen LogP contribution in [-0.2, 0) is 0 Å². The van der Waals surface area contributed by atoms with E-state index in [1.165, 1.54) is 19.3 Å². The first kappa shape index (κ1) is 5.83. The molecule has 0 amide bonds. The highest BCUT2D eigenvalue weighted by atomic mass is 14.5. The molecule has 0 aromatic carbocycles. The topological polar surface area (TPSA) is 26.0 Å². The molecule has 0 aromatic rings. The Morgan fingerprint density at radius 2 is 2.38 bits per heavy atom. The van der Waals surface area contributed by atoms with Crippen LogP contribution in [-0.4, -0.2) is 6.54 Å². The second kappa shape index (κ2) is 2.88. The Balaban J connectivity index is 2.27. The van der Waals surface area contributed by atoms with Crippen molar-refractivity contribution in [2.24, 2.45) is 11.7 Å². The van der Waals surface area contributed by atoms with Gasteiger partial charge < -0.3 is 5.73 Å². The number of hydrogen-bond acceptors (Lipinski definition) is 1. The van der Waals surface area contributed by atoms with Gasteiger partial charge in [0.05, 0.1) is 0 Å². The minimum atomic E-state index is 0.778. The van der Waals surface area contributed by atoms with Gasteiger partial charge in [0, 0.05) is 0 Å². The van der Waals surface area contributed by atoms with Gasteiger partial charge in [0.25, 0.3) is 0 Å². The summed E-state index contributed by atoms with van der Waals surface area (Å²) in [5.41, 5.74) is 5.47. The summed E-state index contributed by atoms with van der Waals surface area (Å²) >= 11 is 0. The highest BCUT2D eigenvalue weighted by molar-refractivity contribution is 4.89. The van der Waals surface area contributed by atoms with Crippen LogP contribution in [0.3, 0.4) is 0 Å². The van der Waals surface area contributed by atoms with Crippen LogP contribution in [0.2, 0.25) is 0 Å². The van der Waals surface area contributed by atoms with Crippen LogP contribution in [0, 0.1) is 5.92 Å². The normalized spacial score (nSPS) is 28.4. The van der Waals surface area contributed by atoms with Crippen LogP contribution in [0.4, 0.5) is 0 Å². The van der Waals surface area contributed by atoms with Crippen molar-refractivity contribution in [2.45, 2.75) is 19.3 Å². The van der Waals surface area contributed by atoms with E-state index in [4.69, 9.17) is 5.73 Å². The van der Waals surface area contributed by atoms with Crippen molar-refractivity contribution < 1.29 is 0 Å². The molecular formula is C7H13N. The Bertz CT molecular complexity index is 86.4. The standard InChI is InChI=1S/C7H13N/c8-6-7-4-2-1-3-5-7/h1-2,7H,3-6,8H2/t7-/m1/s1. The molecule has 0 saturated heterocycles. The lowest BCUT2D eigenvalue weighted by Gasteiger charge is -2.13. The summed E-state index contributed by atoms with van der Waals surface area (Å²) in [6, 6.07) is 0. The molecule has 1 nitrogen and oxygen atoms in total. The molecule has 0 unspecified atom stereocenters. The molecule has 0 bridgehead atoms. The van der Waals surface area contributed by atoms with Crippen LogP contribution in [0.15, 0.2) is 12.2 Å². The van der Waals surface area contributed by atoms with E-state index in [0.717, 1.165) is 12.5 Å². The highest BCUT2D eigenvalue weighted by Gasteiger charge is 2.05. The van der Waals surface area contributed by atoms with Gasteiger partial charge in [0.2, 0.25) is 0 Å². The number of allylic oxidation sites excluding steroid dienone is 2. The molecule has 8 heavy (non-hydrogen) atoms. The van der Waals surface area contributed by atoms with Crippen molar-refractivity contribution in [1.29, 1.82) is 0 Å². The Kier molecular flexibility index (Phi) is 2.10. The zero-order valence-corrected chi connectivity index (χ0v) is 5.14. The smallest absolute Gasteiger partial charge is 0.00458 e. The average Bonchev–Trinajstić information content (AvgIpc) is 1.90. The Hall–Kier alpha value is -0.300. The van der Waals surface area contributed by atoms with E-state index < -0.39 is 0 Å². The van der Waals surface area contributed by atoms with Gasteiger partial charge in [-0.1, -0.05) is 12.2 Å². The maximum Gasteiger partial charge on any atom is -0.00458 e. The van der Waals surface area contributed by atoms with Gasteiger partial charge in [-0.2, -0.15) is 0 Å². The molecule has 1 aliphatic carbocycles. The highest BCUT2D eigenvalue weighted by Crippen LogP contribution is 2.15. The Morgan fingerprint density at radius 3 is 2.75 bits per heavy atom. The van der Waals surface area contributed by atoms with Crippen LogP contribution in [0.1, 0.15) is 19.3 Å². The SMILES string of the molecule is NC[C@@H]1CC=CCC1. The lowest BCUT2D eigenvalue weighted by molar-refractivity contribution is 0.491. The summed E-state index contributed by atoms with van der Waals surface area (Å²) < 4.78 is 0. The second-order valence-corrected chi connectivity index (χ2v) is 2.39. The summed E-state index contributed by atoms with van der Waals surface area (Å²) in [5, 5.41) is 0. The molecule has 0 heterocycles. The predicted molar refractivity (Wildman–Crippen MR) is 35.5 cm³/mol. The molecule has 1 aliphatic rings. The first-order valence-corrected chi connectivity index (χ1v) is 3.28. The van der Waals surface area contributed by atoms with Crippen molar-refractivity contribution in [3.63, 3.8) is 0 Å². The third-order valence-electron chi connectivity index (χ3n) is 1.71. The molecule has 0 fully saturated rings. The fraction of sp³-hybridized carbons (Fsp3) is 0.714. The molecule has 0 aromatic heterocycles. The summed E-state index contributed by atoms with van der Waals surface area (Å²) in [6.07, 6.45) is 8.22. The van der Waals surface area contributed by atoms with Gasteiger partial charge >= 0.3 is 0 Å². The molecule has 1 rings (SSSR count). The average molecular weight is 111 g/mol. The molecule has 46 valence electrons. The summed E-state index contributed by atoms with van der Waals surface area (Å²) in [5.74, 6) is 0.778. The maximum atomic E-state index is 5.47.